The number of anilines is 1. The van der Waals surface area contributed by atoms with E-state index in [-0.39, 0.29) is 11.6 Å². The van der Waals surface area contributed by atoms with Gasteiger partial charge in [0, 0.05) is 22.3 Å². The van der Waals surface area contributed by atoms with Gasteiger partial charge in [-0.05, 0) is 53.2 Å². The predicted molar refractivity (Wildman–Crippen MR) is 87.0 cm³/mol. The molecule has 0 unspecified atom stereocenters. The lowest BCUT2D eigenvalue weighted by atomic mass is 10.1. The lowest BCUT2D eigenvalue weighted by molar-refractivity contribution is 0.466. The number of rotatable bonds is 3. The molecule has 2 nitrogen and oxygen atoms in total. The molecule has 21 heavy (non-hydrogen) atoms. The third kappa shape index (κ3) is 3.16. The van der Waals surface area contributed by atoms with Crippen molar-refractivity contribution in [1.29, 1.82) is 0 Å². The summed E-state index contributed by atoms with van der Waals surface area (Å²) in [5.74, 6) is -0.262. The summed E-state index contributed by atoms with van der Waals surface area (Å²) in [5.41, 5.74) is 1.46. The van der Waals surface area contributed by atoms with Crippen LogP contribution in [0.5, 0.6) is 5.75 Å². The van der Waals surface area contributed by atoms with Crippen LogP contribution < -0.4 is 5.32 Å². The minimum absolute atomic E-state index is 0.0913. The third-order valence-electron chi connectivity index (χ3n) is 3.33. The molecule has 0 aliphatic carbocycles. The highest BCUT2D eigenvalue weighted by Gasteiger charge is 2.03. The fourth-order valence-corrected chi connectivity index (χ4v) is 2.60. The first-order chi connectivity index (χ1) is 10.1. The number of hydrogen-bond acceptors (Lipinski definition) is 2. The van der Waals surface area contributed by atoms with E-state index in [1.807, 2.05) is 30.3 Å². The van der Waals surface area contributed by atoms with Crippen molar-refractivity contribution in [3.05, 3.63) is 70.5 Å². The molecule has 4 heteroatoms. The van der Waals surface area contributed by atoms with Gasteiger partial charge >= 0.3 is 0 Å². The topological polar surface area (TPSA) is 32.3 Å². The summed E-state index contributed by atoms with van der Waals surface area (Å²) in [6, 6.07) is 16.0. The first-order valence-electron chi connectivity index (χ1n) is 6.52. The smallest absolute Gasteiger partial charge is 0.123 e. The molecular formula is C17H13BrFNO. The number of nitrogens with one attached hydrogen (secondary N) is 1. The summed E-state index contributed by atoms with van der Waals surface area (Å²) in [6.45, 7) is 0.367. The van der Waals surface area contributed by atoms with Crippen LogP contribution in [0.15, 0.2) is 59.1 Å². The zero-order chi connectivity index (χ0) is 14.8. The number of benzene rings is 3. The van der Waals surface area contributed by atoms with Crippen LogP contribution in [0, 0.1) is 5.82 Å². The van der Waals surface area contributed by atoms with Crippen molar-refractivity contribution in [2.24, 2.45) is 0 Å². The predicted octanol–water partition coefficient (Wildman–Crippen LogP) is 5.06. The van der Waals surface area contributed by atoms with Crippen LogP contribution in [0.4, 0.5) is 10.1 Å². The maximum absolute atomic E-state index is 13.2. The summed E-state index contributed by atoms with van der Waals surface area (Å²) in [4.78, 5) is 0. The number of halogens is 2. The summed E-state index contributed by atoms with van der Waals surface area (Å²) in [7, 11) is 0. The number of fused-ring (bicyclic) bond motifs is 1. The van der Waals surface area contributed by atoms with E-state index < -0.39 is 0 Å². The van der Waals surface area contributed by atoms with Crippen molar-refractivity contribution >= 4 is 32.4 Å². The van der Waals surface area contributed by atoms with E-state index in [4.69, 9.17) is 0 Å². The quantitative estimate of drug-likeness (QED) is 0.695. The Kier molecular flexibility index (Phi) is 3.80. The van der Waals surface area contributed by atoms with Gasteiger partial charge in [-0.25, -0.2) is 4.39 Å². The molecule has 0 aromatic heterocycles. The van der Waals surface area contributed by atoms with Crippen molar-refractivity contribution in [3.63, 3.8) is 0 Å². The molecule has 0 atom stereocenters. The molecule has 0 saturated carbocycles. The van der Waals surface area contributed by atoms with Gasteiger partial charge in [-0.1, -0.05) is 28.1 Å². The Morgan fingerprint density at radius 3 is 2.57 bits per heavy atom. The second-order valence-corrected chi connectivity index (χ2v) is 5.75. The molecule has 0 fully saturated rings. The minimum atomic E-state index is -0.354. The van der Waals surface area contributed by atoms with E-state index in [0.29, 0.717) is 12.1 Å². The SMILES string of the molecule is Oc1ccc(F)cc1CNc1ccc2cc(Br)ccc2c1. The van der Waals surface area contributed by atoms with Crippen molar-refractivity contribution < 1.29 is 9.50 Å². The Balaban J connectivity index is 1.82. The van der Waals surface area contributed by atoms with Crippen LogP contribution in [0.3, 0.4) is 0 Å². The van der Waals surface area contributed by atoms with Gasteiger partial charge in [0.1, 0.15) is 11.6 Å². The number of hydrogen-bond donors (Lipinski definition) is 2. The van der Waals surface area contributed by atoms with Crippen LogP contribution in [-0.4, -0.2) is 5.11 Å². The molecule has 0 bridgehead atoms. The zero-order valence-corrected chi connectivity index (χ0v) is 12.7. The molecule has 2 N–H and O–H groups in total. The molecule has 3 aromatic rings. The monoisotopic (exact) mass is 345 g/mol. The van der Waals surface area contributed by atoms with Crippen molar-refractivity contribution in [3.8, 4) is 5.75 Å². The Morgan fingerprint density at radius 2 is 1.71 bits per heavy atom. The number of phenolic OH excluding ortho intramolecular Hbond substituents is 1. The van der Waals surface area contributed by atoms with Gasteiger partial charge in [-0.3, -0.25) is 0 Å². The van der Waals surface area contributed by atoms with Gasteiger partial charge in [-0.15, -0.1) is 0 Å². The van der Waals surface area contributed by atoms with Gasteiger partial charge in [0.25, 0.3) is 0 Å². The van der Waals surface area contributed by atoms with E-state index in [1.54, 1.807) is 0 Å². The first kappa shape index (κ1) is 13.9. The van der Waals surface area contributed by atoms with E-state index in [9.17, 15) is 9.50 Å². The van der Waals surface area contributed by atoms with E-state index >= 15 is 0 Å². The molecule has 3 aromatic carbocycles. The third-order valence-corrected chi connectivity index (χ3v) is 3.82. The molecular weight excluding hydrogens is 333 g/mol. The molecule has 106 valence electrons. The van der Waals surface area contributed by atoms with Crippen LogP contribution in [-0.2, 0) is 6.54 Å². The molecule has 0 spiro atoms. The summed E-state index contributed by atoms with van der Waals surface area (Å²) in [5, 5.41) is 15.2. The van der Waals surface area contributed by atoms with Crippen molar-refractivity contribution in [2.45, 2.75) is 6.54 Å². The average Bonchev–Trinajstić information content (AvgIpc) is 2.48. The van der Waals surface area contributed by atoms with E-state index in [0.717, 1.165) is 20.9 Å². The summed E-state index contributed by atoms with van der Waals surface area (Å²) < 4.78 is 14.2. The van der Waals surface area contributed by atoms with Gasteiger partial charge in [0.15, 0.2) is 0 Å². The normalized spacial score (nSPS) is 10.8. The highest BCUT2D eigenvalue weighted by Crippen LogP contribution is 2.24. The molecule has 0 saturated heterocycles. The first-order valence-corrected chi connectivity index (χ1v) is 7.32. The number of aromatic hydroxyl groups is 1. The Labute approximate surface area is 130 Å². The maximum atomic E-state index is 13.2. The van der Waals surface area contributed by atoms with E-state index in [2.05, 4.69) is 27.3 Å². The molecule has 0 heterocycles. The maximum Gasteiger partial charge on any atom is 0.123 e. The zero-order valence-electron chi connectivity index (χ0n) is 11.1. The van der Waals surface area contributed by atoms with Gasteiger partial charge < -0.3 is 10.4 Å². The highest BCUT2D eigenvalue weighted by atomic mass is 79.9. The largest absolute Gasteiger partial charge is 0.508 e. The van der Waals surface area contributed by atoms with Crippen molar-refractivity contribution in [1.82, 2.24) is 0 Å². The molecule has 3 rings (SSSR count). The second kappa shape index (κ2) is 5.74. The van der Waals surface area contributed by atoms with Crippen LogP contribution >= 0.6 is 15.9 Å². The lowest BCUT2D eigenvalue weighted by Crippen LogP contribution is -2.00. The highest BCUT2D eigenvalue weighted by molar-refractivity contribution is 9.10. The minimum Gasteiger partial charge on any atom is -0.508 e. The van der Waals surface area contributed by atoms with Gasteiger partial charge in [-0.2, -0.15) is 0 Å². The van der Waals surface area contributed by atoms with Crippen molar-refractivity contribution in [2.75, 3.05) is 5.32 Å². The Bertz CT molecular complexity index is 804. The standard InChI is InChI=1S/C17H13BrFNO/c18-14-3-1-12-9-16(5-2-11(12)7-14)20-10-13-8-15(19)4-6-17(13)21/h1-9,20-21H,10H2. The van der Waals surface area contributed by atoms with Gasteiger partial charge in [0.05, 0.1) is 0 Å². The van der Waals surface area contributed by atoms with Gasteiger partial charge in [0.2, 0.25) is 0 Å². The Hall–Kier alpha value is -2.07. The summed E-state index contributed by atoms with van der Waals surface area (Å²) >= 11 is 3.45. The lowest BCUT2D eigenvalue weighted by Gasteiger charge is -2.09. The van der Waals surface area contributed by atoms with Crippen LogP contribution in [0.25, 0.3) is 10.8 Å². The molecule has 0 radical (unpaired) electrons. The fraction of sp³-hybridized carbons (Fsp3) is 0.0588. The van der Waals surface area contributed by atoms with Crippen LogP contribution in [0.1, 0.15) is 5.56 Å². The van der Waals surface area contributed by atoms with E-state index in [1.165, 1.54) is 18.2 Å². The molecule has 0 aliphatic heterocycles. The second-order valence-electron chi connectivity index (χ2n) is 4.83. The molecule has 0 aliphatic rings. The van der Waals surface area contributed by atoms with Crippen LogP contribution in [0.2, 0.25) is 0 Å². The summed E-state index contributed by atoms with van der Waals surface area (Å²) in [6.07, 6.45) is 0. The number of phenols is 1. The Morgan fingerprint density at radius 1 is 0.952 bits per heavy atom. The fourth-order valence-electron chi connectivity index (χ4n) is 2.22. The average molecular weight is 346 g/mol. The molecule has 0 amide bonds.